The quantitative estimate of drug-likeness (QED) is 0.756. The van der Waals surface area contributed by atoms with Crippen molar-refractivity contribution in [1.29, 1.82) is 0 Å². The molecule has 2 heterocycles. The molecule has 2 saturated heterocycles. The van der Waals surface area contributed by atoms with Crippen LogP contribution in [0.5, 0.6) is 0 Å². The maximum atomic E-state index is 5.82. The predicted octanol–water partition coefficient (Wildman–Crippen LogP) is 4.30. The smallest absolute Gasteiger partial charge is 0.186 e. The van der Waals surface area contributed by atoms with Gasteiger partial charge in [0.2, 0.25) is 0 Å². The molecule has 1 unspecified atom stereocenters. The Bertz CT molecular complexity index is 381. The first-order valence-electron chi connectivity index (χ1n) is 8.45. The van der Waals surface area contributed by atoms with E-state index in [2.05, 4.69) is 43.4 Å². The van der Waals surface area contributed by atoms with E-state index < -0.39 is 17.4 Å². The van der Waals surface area contributed by atoms with Crippen LogP contribution in [0.2, 0.25) is 25.2 Å². The van der Waals surface area contributed by atoms with Crippen molar-refractivity contribution < 1.29 is 8.85 Å². The molecule has 0 bridgehead atoms. The van der Waals surface area contributed by atoms with Crippen molar-refractivity contribution in [1.82, 2.24) is 0 Å². The van der Waals surface area contributed by atoms with E-state index >= 15 is 0 Å². The molecule has 118 valence electrons. The van der Waals surface area contributed by atoms with Gasteiger partial charge in [-0.1, -0.05) is 43.2 Å². The highest BCUT2D eigenvalue weighted by Gasteiger charge is 2.24. The van der Waals surface area contributed by atoms with Gasteiger partial charge in [-0.15, -0.1) is 0 Å². The third-order valence-corrected chi connectivity index (χ3v) is 9.48. The molecule has 21 heavy (non-hydrogen) atoms. The number of hydrogen-bond acceptors (Lipinski definition) is 2. The van der Waals surface area contributed by atoms with Crippen LogP contribution in [-0.4, -0.2) is 30.6 Å². The van der Waals surface area contributed by atoms with Crippen LogP contribution < -0.4 is 0 Å². The van der Waals surface area contributed by atoms with Gasteiger partial charge in [0.1, 0.15) is 0 Å². The highest BCUT2D eigenvalue weighted by atomic mass is 28.4. The fourth-order valence-electron chi connectivity index (χ4n) is 2.92. The Morgan fingerprint density at radius 2 is 1.76 bits per heavy atom. The van der Waals surface area contributed by atoms with Gasteiger partial charge in [-0.25, -0.2) is 0 Å². The highest BCUT2D eigenvalue weighted by molar-refractivity contribution is 6.71. The molecule has 3 rings (SSSR count). The third-order valence-electron chi connectivity index (χ3n) is 4.25. The van der Waals surface area contributed by atoms with Gasteiger partial charge in [-0.2, -0.15) is 0 Å². The maximum absolute atomic E-state index is 5.82. The van der Waals surface area contributed by atoms with E-state index in [9.17, 15) is 0 Å². The fourth-order valence-corrected chi connectivity index (χ4v) is 7.39. The molecule has 1 atom stereocenters. The molecule has 0 aliphatic carbocycles. The fraction of sp³-hybridized carbons (Fsp3) is 0.647. The minimum absolute atomic E-state index is 0.853. The van der Waals surface area contributed by atoms with Crippen LogP contribution in [0.15, 0.2) is 30.3 Å². The van der Waals surface area contributed by atoms with Crippen LogP contribution in [0.25, 0.3) is 0 Å². The van der Waals surface area contributed by atoms with Crippen LogP contribution in [0.3, 0.4) is 0 Å². The summed E-state index contributed by atoms with van der Waals surface area (Å²) in [5.74, 6) is 0. The number of hydrogen-bond donors (Lipinski definition) is 0. The molecule has 0 N–H and O–H groups in total. The second-order valence-corrected chi connectivity index (χ2v) is 13.6. The Morgan fingerprint density at radius 1 is 1.00 bits per heavy atom. The first kappa shape index (κ1) is 16.9. The monoisotopic (exact) mass is 322 g/mol. The van der Waals surface area contributed by atoms with Gasteiger partial charge in [0.15, 0.2) is 17.4 Å². The molecule has 2 aliphatic rings. The SMILES string of the molecule is C[Si]1(C)CCCCO1.c1ccc(C[SiH]2CCCCO2)cc1. The van der Waals surface area contributed by atoms with Gasteiger partial charge < -0.3 is 8.85 Å². The molecule has 1 aromatic rings. The van der Waals surface area contributed by atoms with Gasteiger partial charge >= 0.3 is 0 Å². The second kappa shape index (κ2) is 8.88. The molecule has 4 heteroatoms. The van der Waals surface area contributed by atoms with Crippen LogP contribution in [0.4, 0.5) is 0 Å². The summed E-state index contributed by atoms with van der Waals surface area (Å²) in [6.07, 6.45) is 5.36. The standard InChI is InChI=1S/C11H16OSi.C6H14OSi/c1-2-6-11(7-3-1)10-13-9-5-4-8-12-13;1-8(2)6-4-3-5-7-8/h1-3,6-7,13H,4-5,8-10H2;3-6H2,1-2H3. The van der Waals surface area contributed by atoms with E-state index in [1.807, 2.05) is 0 Å². The molecule has 0 radical (unpaired) electrons. The first-order valence-corrected chi connectivity index (χ1v) is 13.7. The summed E-state index contributed by atoms with van der Waals surface area (Å²) < 4.78 is 11.4. The van der Waals surface area contributed by atoms with Crippen molar-refractivity contribution in [3.05, 3.63) is 35.9 Å². The first-order chi connectivity index (χ1) is 10.2. The summed E-state index contributed by atoms with van der Waals surface area (Å²) in [5, 5.41) is 0. The van der Waals surface area contributed by atoms with Gasteiger partial charge in [0, 0.05) is 13.2 Å². The van der Waals surface area contributed by atoms with Gasteiger partial charge in [0.05, 0.1) is 0 Å². The van der Waals surface area contributed by atoms with Crippen LogP contribution >= 0.6 is 0 Å². The van der Waals surface area contributed by atoms with Crippen molar-refractivity contribution in [3.8, 4) is 0 Å². The lowest BCUT2D eigenvalue weighted by Gasteiger charge is -2.27. The molecule has 2 fully saturated rings. The van der Waals surface area contributed by atoms with Gasteiger partial charge in [0.25, 0.3) is 0 Å². The summed E-state index contributed by atoms with van der Waals surface area (Å²) in [4.78, 5) is 0. The minimum atomic E-state index is -1.09. The summed E-state index contributed by atoms with van der Waals surface area (Å²) in [6.45, 7) is 6.64. The summed E-state index contributed by atoms with van der Waals surface area (Å²) in [6, 6.07) is 14.7. The zero-order valence-electron chi connectivity index (χ0n) is 13.6. The van der Waals surface area contributed by atoms with E-state index in [1.165, 1.54) is 49.4 Å². The topological polar surface area (TPSA) is 18.5 Å². The highest BCUT2D eigenvalue weighted by Crippen LogP contribution is 2.20. The Labute approximate surface area is 132 Å². The lowest BCUT2D eigenvalue weighted by atomic mass is 10.2. The Kier molecular flexibility index (Phi) is 7.16. The Morgan fingerprint density at radius 3 is 2.29 bits per heavy atom. The molecular formula is C17H30O2Si2. The molecular weight excluding hydrogens is 292 g/mol. The zero-order valence-corrected chi connectivity index (χ0v) is 15.8. The van der Waals surface area contributed by atoms with E-state index in [1.54, 1.807) is 0 Å². The normalized spacial score (nSPS) is 24.8. The van der Waals surface area contributed by atoms with Crippen LogP contribution in [0.1, 0.15) is 31.2 Å². The summed E-state index contributed by atoms with van der Waals surface area (Å²) >= 11 is 0. The average molecular weight is 323 g/mol. The molecule has 2 nitrogen and oxygen atoms in total. The summed E-state index contributed by atoms with van der Waals surface area (Å²) in [5.41, 5.74) is 1.46. The van der Waals surface area contributed by atoms with E-state index in [0.717, 1.165) is 13.2 Å². The number of rotatable bonds is 2. The molecule has 0 amide bonds. The van der Waals surface area contributed by atoms with Crippen molar-refractivity contribution in [3.63, 3.8) is 0 Å². The Balaban J connectivity index is 0.000000173. The minimum Gasteiger partial charge on any atom is -0.420 e. The largest absolute Gasteiger partial charge is 0.420 e. The molecule has 0 saturated carbocycles. The van der Waals surface area contributed by atoms with Crippen molar-refractivity contribution in [2.75, 3.05) is 13.2 Å². The van der Waals surface area contributed by atoms with E-state index in [-0.39, 0.29) is 0 Å². The maximum Gasteiger partial charge on any atom is 0.186 e. The van der Waals surface area contributed by atoms with Crippen molar-refractivity contribution in [2.24, 2.45) is 0 Å². The van der Waals surface area contributed by atoms with Crippen LogP contribution in [0, 0.1) is 0 Å². The second-order valence-electron chi connectivity index (χ2n) is 6.74. The lowest BCUT2D eigenvalue weighted by molar-refractivity contribution is 0.275. The van der Waals surface area contributed by atoms with Crippen molar-refractivity contribution in [2.45, 2.75) is 56.9 Å². The average Bonchev–Trinajstić information content (AvgIpc) is 2.50. The predicted molar refractivity (Wildman–Crippen MR) is 94.8 cm³/mol. The van der Waals surface area contributed by atoms with Crippen LogP contribution in [-0.2, 0) is 14.9 Å². The van der Waals surface area contributed by atoms with Crippen molar-refractivity contribution >= 4 is 17.4 Å². The van der Waals surface area contributed by atoms with Gasteiger partial charge in [-0.3, -0.25) is 0 Å². The molecule has 0 spiro atoms. The lowest BCUT2D eigenvalue weighted by Crippen LogP contribution is -2.33. The van der Waals surface area contributed by atoms with Gasteiger partial charge in [-0.05, 0) is 49.6 Å². The van der Waals surface area contributed by atoms with E-state index in [0.29, 0.717) is 0 Å². The molecule has 2 aliphatic heterocycles. The molecule has 0 aromatic heterocycles. The number of benzene rings is 1. The zero-order chi connectivity index (χ0) is 15.0. The Hall–Kier alpha value is -0.426. The third kappa shape index (κ3) is 6.91. The van der Waals surface area contributed by atoms with E-state index in [4.69, 9.17) is 8.85 Å². The summed E-state index contributed by atoms with van der Waals surface area (Å²) in [7, 11) is -1.94. The molecule has 1 aromatic carbocycles.